The first-order valence-electron chi connectivity index (χ1n) is 2.83. The maximum atomic E-state index is 8.74. The Kier molecular flexibility index (Phi) is 1.86. The minimum atomic E-state index is -4.03. The van der Waals surface area contributed by atoms with Gasteiger partial charge in [0.1, 0.15) is 0 Å². The maximum absolute atomic E-state index is 8.74. The fourth-order valence-corrected chi connectivity index (χ4v) is 1.30. The highest BCUT2D eigenvalue weighted by Gasteiger charge is 2.12. The lowest BCUT2D eigenvalue weighted by molar-refractivity contribution is 0.250. The first-order chi connectivity index (χ1) is 4.61. The Morgan fingerprint density at radius 3 is 1.70 bits per heavy atom. The summed E-state index contributed by atoms with van der Waals surface area (Å²) >= 11 is 0. The van der Waals surface area contributed by atoms with E-state index in [1.165, 1.54) is 12.1 Å². The van der Waals surface area contributed by atoms with Crippen molar-refractivity contribution >= 4 is 14.0 Å². The van der Waals surface area contributed by atoms with Crippen molar-refractivity contribution in [2.75, 3.05) is 0 Å². The number of rotatable bonds is 1. The first-order valence-corrected chi connectivity index (χ1v) is 4.67. The minimum Gasteiger partial charge on any atom is -0.536 e. The van der Waals surface area contributed by atoms with Crippen LogP contribution in [-0.4, -0.2) is 23.2 Å². The van der Waals surface area contributed by atoms with E-state index >= 15 is 0 Å². The van der Waals surface area contributed by atoms with Crippen molar-refractivity contribution in [2.45, 2.75) is 0 Å². The molecular formula is C6H8O3Si-. The molecule has 0 heterocycles. The zero-order valence-corrected chi connectivity index (χ0v) is 6.23. The first kappa shape index (κ1) is 7.42. The van der Waals surface area contributed by atoms with Gasteiger partial charge >= 0.3 is 8.80 Å². The number of hydrogen-bond acceptors (Lipinski definition) is 3. The zero-order valence-electron chi connectivity index (χ0n) is 5.23. The SMILES string of the molecule is O[Si-](O)(O)c1ccccc1. The van der Waals surface area contributed by atoms with Crippen LogP contribution in [-0.2, 0) is 0 Å². The molecule has 0 spiro atoms. The molecule has 0 atom stereocenters. The Morgan fingerprint density at radius 2 is 1.40 bits per heavy atom. The van der Waals surface area contributed by atoms with Gasteiger partial charge in [-0.15, -0.1) is 5.19 Å². The monoisotopic (exact) mass is 156 g/mol. The predicted octanol–water partition coefficient (Wildman–Crippen LogP) is -1.19. The van der Waals surface area contributed by atoms with Crippen LogP contribution in [0, 0.1) is 0 Å². The molecule has 3 nitrogen and oxygen atoms in total. The molecule has 0 unspecified atom stereocenters. The van der Waals surface area contributed by atoms with Gasteiger partial charge in [0.2, 0.25) is 0 Å². The summed E-state index contributed by atoms with van der Waals surface area (Å²) in [6.45, 7) is 0. The van der Waals surface area contributed by atoms with Crippen molar-refractivity contribution in [1.29, 1.82) is 0 Å². The fraction of sp³-hybridized carbons (Fsp3) is 0. The van der Waals surface area contributed by atoms with E-state index in [1.54, 1.807) is 18.2 Å². The lowest BCUT2D eigenvalue weighted by Gasteiger charge is -2.22. The molecule has 0 aliphatic rings. The second kappa shape index (κ2) is 2.51. The van der Waals surface area contributed by atoms with Crippen molar-refractivity contribution in [1.82, 2.24) is 0 Å². The smallest absolute Gasteiger partial charge is 0.307 e. The fourth-order valence-electron chi connectivity index (χ4n) is 0.662. The normalized spacial score (nSPS) is 11.5. The van der Waals surface area contributed by atoms with Gasteiger partial charge < -0.3 is 14.4 Å². The minimum absolute atomic E-state index is 0.204. The lowest BCUT2D eigenvalue weighted by atomic mass is 10.4. The Balaban J connectivity index is 2.97. The third kappa shape index (κ3) is 1.65. The molecule has 3 N–H and O–H groups in total. The van der Waals surface area contributed by atoms with Crippen LogP contribution in [0.4, 0.5) is 0 Å². The summed E-state index contributed by atoms with van der Waals surface area (Å²) in [6, 6.07) is 7.97. The van der Waals surface area contributed by atoms with Gasteiger partial charge in [0.25, 0.3) is 0 Å². The maximum Gasteiger partial charge on any atom is 0.307 e. The van der Waals surface area contributed by atoms with Gasteiger partial charge in [-0.3, -0.25) is 0 Å². The summed E-state index contributed by atoms with van der Waals surface area (Å²) in [5, 5.41) is 0.204. The second-order valence-corrected chi connectivity index (χ2v) is 3.85. The van der Waals surface area contributed by atoms with Crippen molar-refractivity contribution in [2.24, 2.45) is 0 Å². The lowest BCUT2D eigenvalue weighted by Crippen LogP contribution is -2.48. The molecule has 1 rings (SSSR count). The molecular weight excluding hydrogens is 148 g/mol. The van der Waals surface area contributed by atoms with Gasteiger partial charge in [-0.05, 0) is 0 Å². The van der Waals surface area contributed by atoms with Crippen molar-refractivity contribution in [3.05, 3.63) is 30.3 Å². The van der Waals surface area contributed by atoms with E-state index in [-0.39, 0.29) is 5.19 Å². The molecule has 0 fully saturated rings. The molecule has 4 heteroatoms. The van der Waals surface area contributed by atoms with E-state index in [2.05, 4.69) is 0 Å². The van der Waals surface area contributed by atoms with E-state index in [0.29, 0.717) is 0 Å². The van der Waals surface area contributed by atoms with Gasteiger partial charge in [-0.1, -0.05) is 30.3 Å². The topological polar surface area (TPSA) is 60.7 Å². The summed E-state index contributed by atoms with van der Waals surface area (Å²) in [6.07, 6.45) is 0. The van der Waals surface area contributed by atoms with E-state index in [4.69, 9.17) is 14.4 Å². The Hall–Kier alpha value is -0.683. The van der Waals surface area contributed by atoms with E-state index in [1.807, 2.05) is 0 Å². The summed E-state index contributed by atoms with van der Waals surface area (Å²) < 4.78 is 0. The summed E-state index contributed by atoms with van der Waals surface area (Å²) in [5.74, 6) is 0. The molecule has 0 saturated heterocycles. The summed E-state index contributed by atoms with van der Waals surface area (Å²) in [7, 11) is -4.03. The van der Waals surface area contributed by atoms with Gasteiger partial charge in [0.15, 0.2) is 0 Å². The zero-order chi connectivity index (χ0) is 7.61. The summed E-state index contributed by atoms with van der Waals surface area (Å²) in [5.41, 5.74) is 0. The molecule has 1 aromatic carbocycles. The average molecular weight is 156 g/mol. The Morgan fingerprint density at radius 1 is 0.900 bits per heavy atom. The third-order valence-corrected chi connectivity index (χ3v) is 2.27. The standard InChI is InChI=1S/C6H8O3Si/c7-10(8,9)6-4-2-1-3-5-6/h1-5,7-9H/q-1. The highest BCUT2D eigenvalue weighted by atomic mass is 28.4. The Bertz CT molecular complexity index is 204. The van der Waals surface area contributed by atoms with Gasteiger partial charge in [0.05, 0.1) is 0 Å². The molecule has 0 saturated carbocycles. The number of hydrogen-bond donors (Lipinski definition) is 3. The largest absolute Gasteiger partial charge is 0.536 e. The van der Waals surface area contributed by atoms with Crippen LogP contribution in [0.15, 0.2) is 30.3 Å². The number of benzene rings is 1. The molecule has 1 aromatic rings. The van der Waals surface area contributed by atoms with E-state index < -0.39 is 8.80 Å². The Labute approximate surface area is 59.6 Å². The van der Waals surface area contributed by atoms with Crippen LogP contribution < -0.4 is 5.19 Å². The van der Waals surface area contributed by atoms with Crippen LogP contribution in [0.25, 0.3) is 0 Å². The van der Waals surface area contributed by atoms with Crippen LogP contribution in [0.3, 0.4) is 0 Å². The van der Waals surface area contributed by atoms with Crippen LogP contribution in [0.1, 0.15) is 0 Å². The molecule has 0 radical (unpaired) electrons. The second-order valence-electron chi connectivity index (χ2n) is 2.00. The summed E-state index contributed by atoms with van der Waals surface area (Å²) in [4.78, 5) is 26.2. The molecule has 0 bridgehead atoms. The van der Waals surface area contributed by atoms with Crippen molar-refractivity contribution < 1.29 is 14.4 Å². The van der Waals surface area contributed by atoms with Crippen LogP contribution in [0.2, 0.25) is 0 Å². The van der Waals surface area contributed by atoms with E-state index in [9.17, 15) is 0 Å². The highest BCUT2D eigenvalue weighted by Crippen LogP contribution is 1.89. The predicted molar refractivity (Wildman–Crippen MR) is 38.5 cm³/mol. The highest BCUT2D eigenvalue weighted by molar-refractivity contribution is 6.71. The van der Waals surface area contributed by atoms with Crippen molar-refractivity contribution in [3.8, 4) is 0 Å². The van der Waals surface area contributed by atoms with Crippen LogP contribution >= 0.6 is 0 Å². The molecule has 55 valence electrons. The molecule has 0 amide bonds. The third-order valence-electron chi connectivity index (χ3n) is 1.16. The average Bonchev–Trinajstić information content (AvgIpc) is 1.88. The quantitative estimate of drug-likeness (QED) is 0.448. The van der Waals surface area contributed by atoms with Crippen molar-refractivity contribution in [3.63, 3.8) is 0 Å². The molecule has 10 heavy (non-hydrogen) atoms. The van der Waals surface area contributed by atoms with E-state index in [0.717, 1.165) is 0 Å². The van der Waals surface area contributed by atoms with Crippen LogP contribution in [0.5, 0.6) is 0 Å². The van der Waals surface area contributed by atoms with Gasteiger partial charge in [-0.25, -0.2) is 0 Å². The molecule has 0 aliphatic heterocycles. The van der Waals surface area contributed by atoms with Gasteiger partial charge in [0, 0.05) is 0 Å². The van der Waals surface area contributed by atoms with Gasteiger partial charge in [-0.2, -0.15) is 0 Å². The molecule has 0 aromatic heterocycles. The molecule has 0 aliphatic carbocycles.